The van der Waals surface area contributed by atoms with E-state index in [0.29, 0.717) is 31.7 Å². The van der Waals surface area contributed by atoms with Gasteiger partial charge < -0.3 is 9.64 Å². The van der Waals surface area contributed by atoms with Gasteiger partial charge in [0, 0.05) is 36.0 Å². The van der Waals surface area contributed by atoms with Crippen LogP contribution in [0.3, 0.4) is 0 Å². The molecule has 6 heterocycles. The van der Waals surface area contributed by atoms with Gasteiger partial charge in [0.25, 0.3) is 5.91 Å². The number of carbonyl (C=O) groups is 3. The molecule has 0 radical (unpaired) electrons. The quantitative estimate of drug-likeness (QED) is 0.521. The van der Waals surface area contributed by atoms with Crippen LogP contribution in [0.25, 0.3) is 22.3 Å². The predicted molar refractivity (Wildman–Crippen MR) is 138 cm³/mol. The minimum Gasteiger partial charge on any atom is -0.377 e. The number of hydrogen-bond acceptors (Lipinski definition) is 7. The number of aromatic nitrogens is 3. The lowest BCUT2D eigenvalue weighted by Gasteiger charge is -2.29. The number of pyridine rings is 1. The van der Waals surface area contributed by atoms with Crippen LogP contribution in [-0.4, -0.2) is 74.6 Å². The Morgan fingerprint density at radius 2 is 1.92 bits per heavy atom. The summed E-state index contributed by atoms with van der Waals surface area (Å²) in [5.74, 6) is -0.852. The summed E-state index contributed by atoms with van der Waals surface area (Å²) in [5, 5.41) is 8.35. The van der Waals surface area contributed by atoms with Gasteiger partial charge in [-0.15, -0.1) is 0 Å². The topological polar surface area (TPSA) is 110 Å². The molecule has 3 saturated heterocycles. The van der Waals surface area contributed by atoms with Gasteiger partial charge in [0.1, 0.15) is 12.1 Å². The van der Waals surface area contributed by atoms with Crippen molar-refractivity contribution in [3.63, 3.8) is 0 Å². The van der Waals surface area contributed by atoms with Gasteiger partial charge in [0.2, 0.25) is 11.8 Å². The predicted octanol–water partition coefficient (Wildman–Crippen LogP) is 2.33. The first kappa shape index (κ1) is 23.5. The molecule has 7 rings (SSSR count). The molecule has 3 amide bonds. The van der Waals surface area contributed by atoms with Crippen LogP contribution in [0.15, 0.2) is 24.3 Å². The maximum Gasteiger partial charge on any atom is 0.255 e. The fourth-order valence-electron chi connectivity index (χ4n) is 6.21. The van der Waals surface area contributed by atoms with Crippen LogP contribution in [0, 0.1) is 6.92 Å². The van der Waals surface area contributed by atoms with E-state index < -0.39 is 11.9 Å². The second-order valence-corrected chi connectivity index (χ2v) is 10.8. The SMILES string of the molecule is Cc1nn(C2COC2)c2nc(-c3ccc4c(c3)CN(C3CCC(=O)NC3=O)C4=O)cc(CN3CCCC3)c12. The largest absolute Gasteiger partial charge is 0.377 e. The molecule has 3 aromatic rings. The number of amides is 3. The summed E-state index contributed by atoms with van der Waals surface area (Å²) in [6, 6.07) is 7.54. The van der Waals surface area contributed by atoms with Crippen LogP contribution in [0.5, 0.6) is 0 Å². The monoisotopic (exact) mass is 514 g/mol. The van der Waals surface area contributed by atoms with E-state index in [2.05, 4.69) is 23.2 Å². The second kappa shape index (κ2) is 8.99. The molecule has 38 heavy (non-hydrogen) atoms. The first-order valence-electron chi connectivity index (χ1n) is 13.4. The highest BCUT2D eigenvalue weighted by molar-refractivity contribution is 6.05. The molecular formula is C28H30N6O4. The van der Waals surface area contributed by atoms with Crippen molar-refractivity contribution in [1.29, 1.82) is 0 Å². The first-order valence-corrected chi connectivity index (χ1v) is 13.4. The van der Waals surface area contributed by atoms with Crippen molar-refractivity contribution in [2.45, 2.75) is 57.8 Å². The third kappa shape index (κ3) is 3.82. The molecule has 1 unspecified atom stereocenters. The van der Waals surface area contributed by atoms with Gasteiger partial charge in [0.15, 0.2) is 5.65 Å². The Morgan fingerprint density at radius 1 is 1.11 bits per heavy atom. The smallest absolute Gasteiger partial charge is 0.255 e. The van der Waals surface area contributed by atoms with Gasteiger partial charge in [-0.05, 0) is 68.6 Å². The number of fused-ring (bicyclic) bond motifs is 2. The van der Waals surface area contributed by atoms with E-state index in [0.717, 1.165) is 53.2 Å². The number of piperidine rings is 1. The van der Waals surface area contributed by atoms with Gasteiger partial charge in [0.05, 0.1) is 24.6 Å². The molecule has 0 spiro atoms. The van der Waals surface area contributed by atoms with E-state index in [1.54, 1.807) is 4.90 Å². The van der Waals surface area contributed by atoms with Crippen LogP contribution < -0.4 is 5.32 Å². The summed E-state index contributed by atoms with van der Waals surface area (Å²) in [7, 11) is 0. The maximum absolute atomic E-state index is 13.2. The molecule has 10 heteroatoms. The van der Waals surface area contributed by atoms with Crippen LogP contribution in [-0.2, 0) is 27.4 Å². The molecule has 1 aromatic carbocycles. The fourth-order valence-corrected chi connectivity index (χ4v) is 6.21. The van der Waals surface area contributed by atoms with E-state index >= 15 is 0 Å². The minimum absolute atomic E-state index is 0.169. The summed E-state index contributed by atoms with van der Waals surface area (Å²) >= 11 is 0. The average molecular weight is 515 g/mol. The van der Waals surface area contributed by atoms with E-state index in [9.17, 15) is 14.4 Å². The molecule has 3 fully saturated rings. The van der Waals surface area contributed by atoms with E-state index in [1.807, 2.05) is 22.9 Å². The number of likely N-dealkylation sites (tertiary alicyclic amines) is 1. The molecule has 10 nitrogen and oxygen atoms in total. The molecule has 2 aromatic heterocycles. The number of rotatable bonds is 5. The van der Waals surface area contributed by atoms with E-state index in [-0.39, 0.29) is 24.3 Å². The van der Waals surface area contributed by atoms with Crippen LogP contribution in [0.1, 0.15) is 58.9 Å². The molecule has 1 N–H and O–H groups in total. The second-order valence-electron chi connectivity index (χ2n) is 10.8. The van der Waals surface area contributed by atoms with Crippen LogP contribution >= 0.6 is 0 Å². The Balaban J connectivity index is 1.27. The maximum atomic E-state index is 13.2. The highest BCUT2D eigenvalue weighted by Crippen LogP contribution is 2.34. The number of hydrogen-bond donors (Lipinski definition) is 1. The number of nitrogens with zero attached hydrogens (tertiary/aromatic N) is 5. The molecule has 0 aliphatic carbocycles. The molecule has 4 aliphatic rings. The van der Waals surface area contributed by atoms with Crippen molar-refractivity contribution in [2.24, 2.45) is 0 Å². The number of nitrogens with one attached hydrogen (secondary N) is 1. The lowest BCUT2D eigenvalue weighted by Crippen LogP contribution is -2.52. The number of benzene rings is 1. The zero-order valence-corrected chi connectivity index (χ0v) is 21.4. The van der Waals surface area contributed by atoms with E-state index in [4.69, 9.17) is 14.8 Å². The van der Waals surface area contributed by atoms with Gasteiger partial charge in [-0.2, -0.15) is 5.10 Å². The molecule has 0 saturated carbocycles. The highest BCUT2D eigenvalue weighted by atomic mass is 16.5. The molecule has 1 atom stereocenters. The Bertz CT molecular complexity index is 1490. The number of aryl methyl sites for hydroxylation is 1. The first-order chi connectivity index (χ1) is 18.5. The van der Waals surface area contributed by atoms with Crippen molar-refractivity contribution >= 4 is 28.8 Å². The molecular weight excluding hydrogens is 484 g/mol. The zero-order chi connectivity index (χ0) is 26.0. The summed E-state index contributed by atoms with van der Waals surface area (Å²) in [5.41, 5.74) is 6.34. The summed E-state index contributed by atoms with van der Waals surface area (Å²) in [6.45, 7) is 6.72. The Labute approximate surface area is 219 Å². The standard InChI is InChI=1S/C28H30N6O4/c1-16-25-19(12-32-8-2-3-9-32)11-22(29-26(25)34(31-16)20-14-38-15-20)17-4-5-21-18(10-17)13-33(28(21)37)23-6-7-24(35)30-27(23)36/h4-5,10-11,20,23H,2-3,6-9,12-15H2,1H3,(H,30,35,36). The summed E-state index contributed by atoms with van der Waals surface area (Å²) < 4.78 is 7.47. The Hall–Kier alpha value is -3.63. The zero-order valence-electron chi connectivity index (χ0n) is 21.4. The number of imide groups is 1. The number of carbonyl (C=O) groups excluding carboxylic acids is 3. The van der Waals surface area contributed by atoms with Crippen molar-refractivity contribution < 1.29 is 19.1 Å². The van der Waals surface area contributed by atoms with Gasteiger partial charge in [-0.3, -0.25) is 24.6 Å². The van der Waals surface area contributed by atoms with Crippen molar-refractivity contribution in [3.8, 4) is 11.3 Å². The van der Waals surface area contributed by atoms with Crippen LogP contribution in [0.2, 0.25) is 0 Å². The fraction of sp³-hybridized carbons (Fsp3) is 0.464. The van der Waals surface area contributed by atoms with E-state index in [1.165, 1.54) is 18.4 Å². The summed E-state index contributed by atoms with van der Waals surface area (Å²) in [6.07, 6.45) is 3.04. The molecule has 0 bridgehead atoms. The third-order valence-corrected chi connectivity index (χ3v) is 8.30. The van der Waals surface area contributed by atoms with Gasteiger partial charge >= 0.3 is 0 Å². The highest BCUT2D eigenvalue weighted by Gasteiger charge is 2.39. The van der Waals surface area contributed by atoms with Crippen molar-refractivity contribution in [2.75, 3.05) is 26.3 Å². The van der Waals surface area contributed by atoms with Crippen molar-refractivity contribution in [1.82, 2.24) is 29.9 Å². The van der Waals surface area contributed by atoms with Crippen molar-refractivity contribution in [3.05, 3.63) is 46.6 Å². The molecule has 196 valence electrons. The molecule has 4 aliphatic heterocycles. The third-order valence-electron chi connectivity index (χ3n) is 8.30. The number of ether oxygens (including phenoxy) is 1. The average Bonchev–Trinajstić information content (AvgIpc) is 3.57. The minimum atomic E-state index is -0.625. The lowest BCUT2D eigenvalue weighted by atomic mass is 10.0. The van der Waals surface area contributed by atoms with Gasteiger partial charge in [-0.1, -0.05) is 6.07 Å². The summed E-state index contributed by atoms with van der Waals surface area (Å²) in [4.78, 5) is 46.4. The Morgan fingerprint density at radius 3 is 2.66 bits per heavy atom. The lowest BCUT2D eigenvalue weighted by molar-refractivity contribution is -0.136. The normalized spacial score (nSPS) is 22.3. The Kier molecular flexibility index (Phi) is 5.55. The van der Waals surface area contributed by atoms with Crippen LogP contribution in [0.4, 0.5) is 0 Å². The van der Waals surface area contributed by atoms with Gasteiger partial charge in [-0.25, -0.2) is 9.67 Å².